The summed E-state index contributed by atoms with van der Waals surface area (Å²) in [6, 6.07) is 13.4. The summed E-state index contributed by atoms with van der Waals surface area (Å²) in [5, 5.41) is 10.4. The molecule has 24 heavy (non-hydrogen) atoms. The molecule has 2 unspecified atom stereocenters. The van der Waals surface area contributed by atoms with Crippen LogP contribution >= 0.6 is 0 Å². The fourth-order valence-electron chi connectivity index (χ4n) is 3.10. The largest absolute Gasteiger partial charge is 0.364 e. The average Bonchev–Trinajstić information content (AvgIpc) is 2.76. The molecule has 0 bridgehead atoms. The van der Waals surface area contributed by atoms with E-state index in [0.29, 0.717) is 11.1 Å². The molecule has 2 aromatic carbocycles. The van der Waals surface area contributed by atoms with Crippen molar-refractivity contribution in [3.8, 4) is 0 Å². The number of ether oxygens (including phenoxy) is 1. The first-order chi connectivity index (χ1) is 11.3. The zero-order valence-electron chi connectivity index (χ0n) is 13.7. The zero-order valence-corrected chi connectivity index (χ0v) is 14.6. The lowest BCUT2D eigenvalue weighted by Crippen LogP contribution is -2.24. The maximum Gasteiger partial charge on any atom is 0.183 e. The van der Waals surface area contributed by atoms with Gasteiger partial charge in [0.2, 0.25) is 0 Å². The summed E-state index contributed by atoms with van der Waals surface area (Å²) in [6.07, 6.45) is 0.496. The van der Waals surface area contributed by atoms with Gasteiger partial charge in [0.1, 0.15) is 5.82 Å². The predicted octanol–water partition coefficient (Wildman–Crippen LogP) is 3.60. The molecule has 3 rings (SSSR count). The van der Waals surface area contributed by atoms with E-state index in [0.717, 1.165) is 16.0 Å². The van der Waals surface area contributed by atoms with Crippen LogP contribution in [0, 0.1) is 5.82 Å². The molecule has 0 aliphatic carbocycles. The van der Waals surface area contributed by atoms with E-state index in [2.05, 4.69) is 0 Å². The van der Waals surface area contributed by atoms with Gasteiger partial charge in [-0.1, -0.05) is 24.3 Å². The van der Waals surface area contributed by atoms with Gasteiger partial charge in [-0.05, 0) is 54.8 Å². The minimum Gasteiger partial charge on any atom is -0.364 e. The molecule has 0 saturated heterocycles. The molecule has 5 heteroatoms. The molecule has 0 radical (unpaired) electrons. The highest BCUT2D eigenvalue weighted by molar-refractivity contribution is 7.84. The minimum absolute atomic E-state index is 0.368. The number of hydrogen-bond acceptors (Lipinski definition) is 3. The number of aliphatic hydroxyl groups excluding tert-OH is 1. The Labute approximate surface area is 143 Å². The molecule has 1 N–H and O–H groups in total. The fourth-order valence-corrected chi connectivity index (χ4v) is 3.62. The standard InChI is InChI=1S/C19H19FO3S/c1-19(2)17(12-7-9-15(10-8-12)24(3)22)16(18(21)23-19)13-5-4-6-14(20)11-13/h4-11,18,21H,1-3H3. The molecule has 2 aromatic rings. The third-order valence-electron chi connectivity index (χ3n) is 4.14. The van der Waals surface area contributed by atoms with Crippen molar-refractivity contribution in [1.29, 1.82) is 0 Å². The van der Waals surface area contributed by atoms with Crippen molar-refractivity contribution in [3.05, 3.63) is 65.5 Å². The lowest BCUT2D eigenvalue weighted by molar-refractivity contribution is -0.101. The summed E-state index contributed by atoms with van der Waals surface area (Å²) >= 11 is 0. The lowest BCUT2D eigenvalue weighted by Gasteiger charge is -2.22. The molecule has 2 atom stereocenters. The second kappa shape index (κ2) is 6.24. The van der Waals surface area contributed by atoms with Gasteiger partial charge in [0, 0.05) is 27.5 Å². The van der Waals surface area contributed by atoms with Crippen LogP contribution in [0.3, 0.4) is 0 Å². The van der Waals surface area contributed by atoms with E-state index in [1.54, 1.807) is 30.5 Å². The van der Waals surface area contributed by atoms with Crippen LogP contribution < -0.4 is 0 Å². The van der Waals surface area contributed by atoms with Crippen molar-refractivity contribution in [2.75, 3.05) is 6.26 Å². The third kappa shape index (κ3) is 3.07. The van der Waals surface area contributed by atoms with Crippen LogP contribution in [0.2, 0.25) is 0 Å². The third-order valence-corrected chi connectivity index (χ3v) is 5.07. The van der Waals surface area contributed by atoms with Gasteiger partial charge in [0.25, 0.3) is 0 Å². The first-order valence-electron chi connectivity index (χ1n) is 7.60. The van der Waals surface area contributed by atoms with Crippen LogP contribution in [0.15, 0.2) is 53.4 Å². The highest BCUT2D eigenvalue weighted by atomic mass is 32.2. The summed E-state index contributed by atoms with van der Waals surface area (Å²) in [6.45, 7) is 3.73. The van der Waals surface area contributed by atoms with Gasteiger partial charge in [0.15, 0.2) is 6.29 Å². The van der Waals surface area contributed by atoms with Crippen LogP contribution in [0.5, 0.6) is 0 Å². The average molecular weight is 346 g/mol. The van der Waals surface area contributed by atoms with Crippen molar-refractivity contribution in [1.82, 2.24) is 0 Å². The highest BCUT2D eigenvalue weighted by Gasteiger charge is 2.40. The number of hydrogen-bond donors (Lipinski definition) is 1. The van der Waals surface area contributed by atoms with Gasteiger partial charge in [-0.15, -0.1) is 0 Å². The first-order valence-corrected chi connectivity index (χ1v) is 9.16. The van der Waals surface area contributed by atoms with Gasteiger partial charge in [-0.25, -0.2) is 4.39 Å². The molecule has 0 fully saturated rings. The lowest BCUT2D eigenvalue weighted by atomic mass is 9.87. The molecule has 1 heterocycles. The summed E-state index contributed by atoms with van der Waals surface area (Å²) in [5.74, 6) is -0.368. The number of aliphatic hydroxyl groups is 1. The van der Waals surface area contributed by atoms with Crippen LogP contribution in [0.1, 0.15) is 25.0 Å². The van der Waals surface area contributed by atoms with Crippen molar-refractivity contribution in [2.45, 2.75) is 30.6 Å². The highest BCUT2D eigenvalue weighted by Crippen LogP contribution is 2.45. The SMILES string of the molecule is CS(=O)c1ccc(C2=C(c3cccc(F)c3)C(O)OC2(C)C)cc1. The summed E-state index contributed by atoms with van der Waals surface area (Å²) in [4.78, 5) is 0.726. The Balaban J connectivity index is 2.19. The maximum atomic E-state index is 13.6. The summed E-state index contributed by atoms with van der Waals surface area (Å²) in [5.41, 5.74) is 2.07. The van der Waals surface area contributed by atoms with E-state index in [1.807, 2.05) is 26.0 Å². The van der Waals surface area contributed by atoms with E-state index < -0.39 is 22.7 Å². The van der Waals surface area contributed by atoms with Crippen LogP contribution in [0.4, 0.5) is 4.39 Å². The zero-order chi connectivity index (χ0) is 17.5. The fraction of sp³-hybridized carbons (Fsp3) is 0.263. The van der Waals surface area contributed by atoms with E-state index >= 15 is 0 Å². The molecule has 3 nitrogen and oxygen atoms in total. The molecular weight excluding hydrogens is 327 g/mol. The van der Waals surface area contributed by atoms with Crippen LogP contribution in [0.25, 0.3) is 11.1 Å². The van der Waals surface area contributed by atoms with Gasteiger partial charge in [0.05, 0.1) is 5.60 Å². The van der Waals surface area contributed by atoms with Gasteiger partial charge in [-0.3, -0.25) is 4.21 Å². The maximum absolute atomic E-state index is 13.6. The van der Waals surface area contributed by atoms with Gasteiger partial charge in [-0.2, -0.15) is 0 Å². The van der Waals surface area contributed by atoms with Crippen molar-refractivity contribution in [2.24, 2.45) is 0 Å². The summed E-state index contributed by atoms with van der Waals surface area (Å²) in [7, 11) is -1.06. The number of halogens is 1. The van der Waals surface area contributed by atoms with E-state index in [9.17, 15) is 13.7 Å². The predicted molar refractivity (Wildman–Crippen MR) is 93.2 cm³/mol. The molecule has 1 aliphatic rings. The molecular formula is C19H19FO3S. The summed E-state index contributed by atoms with van der Waals surface area (Å²) < 4.78 is 30.9. The topological polar surface area (TPSA) is 46.5 Å². The van der Waals surface area contributed by atoms with Gasteiger partial charge >= 0.3 is 0 Å². The Hall–Kier alpha value is -1.82. The van der Waals surface area contributed by atoms with Crippen LogP contribution in [-0.4, -0.2) is 27.5 Å². The number of rotatable bonds is 3. The Bertz CT molecular complexity index is 825. The number of benzene rings is 2. The quantitative estimate of drug-likeness (QED) is 0.924. The molecule has 0 spiro atoms. The Morgan fingerprint density at radius 1 is 1.12 bits per heavy atom. The Kier molecular flexibility index (Phi) is 4.42. The Morgan fingerprint density at radius 3 is 2.38 bits per heavy atom. The Morgan fingerprint density at radius 2 is 1.79 bits per heavy atom. The molecule has 126 valence electrons. The molecule has 0 amide bonds. The first kappa shape index (κ1) is 17.0. The smallest absolute Gasteiger partial charge is 0.183 e. The molecule has 0 aromatic heterocycles. The molecule has 1 aliphatic heterocycles. The van der Waals surface area contributed by atoms with Gasteiger partial charge < -0.3 is 9.84 Å². The van der Waals surface area contributed by atoms with E-state index in [4.69, 9.17) is 4.74 Å². The minimum atomic E-state index is -1.13. The normalized spacial score (nSPS) is 21.1. The van der Waals surface area contributed by atoms with E-state index in [1.165, 1.54) is 12.1 Å². The second-order valence-corrected chi connectivity index (χ2v) is 7.64. The molecule has 0 saturated carbocycles. The van der Waals surface area contributed by atoms with Crippen molar-refractivity contribution >= 4 is 21.9 Å². The van der Waals surface area contributed by atoms with Crippen LogP contribution in [-0.2, 0) is 15.5 Å². The van der Waals surface area contributed by atoms with Crippen molar-refractivity contribution < 1.29 is 18.4 Å². The second-order valence-electron chi connectivity index (χ2n) is 6.26. The van der Waals surface area contributed by atoms with Crippen molar-refractivity contribution in [3.63, 3.8) is 0 Å². The monoisotopic (exact) mass is 346 g/mol. The van der Waals surface area contributed by atoms with E-state index in [-0.39, 0.29) is 5.82 Å².